The fourth-order valence-electron chi connectivity index (χ4n) is 3.00. The van der Waals surface area contributed by atoms with Gasteiger partial charge in [0.1, 0.15) is 5.69 Å². The Morgan fingerprint density at radius 2 is 2.00 bits per heavy atom. The minimum Gasteiger partial charge on any atom is -0.348 e. The van der Waals surface area contributed by atoms with Gasteiger partial charge in [-0.05, 0) is 20.3 Å². The van der Waals surface area contributed by atoms with Gasteiger partial charge in [0.15, 0.2) is 0 Å². The number of nitro groups is 1. The van der Waals surface area contributed by atoms with Crippen LogP contribution in [-0.4, -0.2) is 39.9 Å². The third-order valence-corrected chi connectivity index (χ3v) is 3.59. The molecule has 0 aliphatic carbocycles. The molecule has 2 atom stereocenters. The van der Waals surface area contributed by atoms with Crippen molar-refractivity contribution in [3.63, 3.8) is 0 Å². The maximum atomic E-state index is 11.4. The number of hydrogen-bond donors (Lipinski definition) is 1. The second-order valence-electron chi connectivity index (χ2n) is 5.62. The molecule has 0 amide bonds. The highest BCUT2D eigenvalue weighted by Gasteiger charge is 2.33. The van der Waals surface area contributed by atoms with Gasteiger partial charge in [-0.25, -0.2) is 4.68 Å². The van der Waals surface area contributed by atoms with E-state index in [4.69, 9.17) is 0 Å². The number of nitrogens with one attached hydrogen (secondary N) is 1. The minimum absolute atomic E-state index is 0.177. The molecule has 0 bridgehead atoms. The lowest BCUT2D eigenvalue weighted by Gasteiger charge is -2.36. The summed E-state index contributed by atoms with van der Waals surface area (Å²) in [6, 6.07) is 0.616. The predicted molar refractivity (Wildman–Crippen MR) is 78.1 cm³/mol. The van der Waals surface area contributed by atoms with Gasteiger partial charge in [0.05, 0.1) is 4.92 Å². The maximum Gasteiger partial charge on any atom is 0.334 e. The monoisotopic (exact) mass is 281 g/mol. The molecule has 2 unspecified atom stereocenters. The summed E-state index contributed by atoms with van der Waals surface area (Å²) in [6.45, 7) is 7.72. The number of piperazine rings is 1. The molecule has 2 rings (SSSR count). The van der Waals surface area contributed by atoms with Gasteiger partial charge in [0.2, 0.25) is 5.82 Å². The molecule has 0 aromatic carbocycles. The van der Waals surface area contributed by atoms with Gasteiger partial charge in [-0.2, -0.15) is 5.10 Å². The van der Waals surface area contributed by atoms with Crippen LogP contribution in [0.5, 0.6) is 0 Å². The number of anilines is 1. The molecule has 1 aromatic rings. The Kier molecular flexibility index (Phi) is 4.27. The molecule has 0 saturated carbocycles. The van der Waals surface area contributed by atoms with E-state index in [1.807, 2.05) is 6.92 Å². The lowest BCUT2D eigenvalue weighted by atomic mass is 10.1. The van der Waals surface area contributed by atoms with E-state index in [0.29, 0.717) is 30.0 Å². The van der Waals surface area contributed by atoms with E-state index in [1.54, 1.807) is 11.7 Å². The predicted octanol–water partition coefficient (Wildman–Crippen LogP) is 1.47. The van der Waals surface area contributed by atoms with Crippen LogP contribution in [0.4, 0.5) is 11.5 Å². The molecule has 2 heterocycles. The molecule has 112 valence electrons. The maximum absolute atomic E-state index is 11.4. The molecule has 7 nitrogen and oxygen atoms in total. The van der Waals surface area contributed by atoms with Crippen molar-refractivity contribution in [2.45, 2.75) is 45.7 Å². The highest BCUT2D eigenvalue weighted by Crippen LogP contribution is 2.33. The van der Waals surface area contributed by atoms with E-state index in [-0.39, 0.29) is 10.6 Å². The van der Waals surface area contributed by atoms with E-state index in [0.717, 1.165) is 19.5 Å². The van der Waals surface area contributed by atoms with Crippen LogP contribution >= 0.6 is 0 Å². The molecule has 0 spiro atoms. The van der Waals surface area contributed by atoms with Crippen molar-refractivity contribution in [2.24, 2.45) is 7.05 Å². The Labute approximate surface area is 119 Å². The van der Waals surface area contributed by atoms with E-state index >= 15 is 0 Å². The van der Waals surface area contributed by atoms with Crippen LogP contribution in [0.15, 0.2) is 0 Å². The zero-order valence-electron chi connectivity index (χ0n) is 12.6. The van der Waals surface area contributed by atoms with Crippen molar-refractivity contribution >= 4 is 11.5 Å². The molecule has 1 aliphatic heterocycles. The van der Waals surface area contributed by atoms with Gasteiger partial charge in [0.25, 0.3) is 0 Å². The molecule has 0 radical (unpaired) electrons. The molecule has 7 heteroatoms. The topological polar surface area (TPSA) is 76.2 Å². The summed E-state index contributed by atoms with van der Waals surface area (Å²) in [6.07, 6.45) is 1.49. The normalized spacial score (nSPS) is 23.1. The van der Waals surface area contributed by atoms with Crippen LogP contribution < -0.4 is 10.2 Å². The van der Waals surface area contributed by atoms with Gasteiger partial charge in [-0.3, -0.25) is 10.1 Å². The van der Waals surface area contributed by atoms with Gasteiger partial charge >= 0.3 is 5.69 Å². The van der Waals surface area contributed by atoms with Crippen LogP contribution in [0.3, 0.4) is 0 Å². The van der Waals surface area contributed by atoms with Crippen molar-refractivity contribution in [1.29, 1.82) is 0 Å². The SMILES string of the molecule is CCCc1nn(C)c(N2CC(C)NC(C)C2)c1[N+](=O)[O-]. The van der Waals surface area contributed by atoms with E-state index < -0.39 is 0 Å². The van der Waals surface area contributed by atoms with Crippen LogP contribution in [0.1, 0.15) is 32.9 Å². The zero-order valence-corrected chi connectivity index (χ0v) is 12.6. The van der Waals surface area contributed by atoms with E-state index in [1.165, 1.54) is 0 Å². The molecule has 1 aromatic heterocycles. The van der Waals surface area contributed by atoms with Crippen molar-refractivity contribution in [3.05, 3.63) is 15.8 Å². The molecule has 1 saturated heterocycles. The average molecular weight is 281 g/mol. The van der Waals surface area contributed by atoms with Crippen molar-refractivity contribution in [3.8, 4) is 0 Å². The Morgan fingerprint density at radius 1 is 1.40 bits per heavy atom. The number of aromatic nitrogens is 2. The average Bonchev–Trinajstić information content (AvgIpc) is 2.65. The fraction of sp³-hybridized carbons (Fsp3) is 0.769. The Balaban J connectivity index is 2.41. The molecule has 1 fully saturated rings. The number of rotatable bonds is 4. The minimum atomic E-state index is -0.287. The summed E-state index contributed by atoms with van der Waals surface area (Å²) in [5.74, 6) is 0.638. The summed E-state index contributed by atoms with van der Waals surface area (Å²) in [5.41, 5.74) is 0.768. The largest absolute Gasteiger partial charge is 0.348 e. The summed E-state index contributed by atoms with van der Waals surface area (Å²) in [5, 5.41) is 19.2. The first kappa shape index (κ1) is 14.8. The summed E-state index contributed by atoms with van der Waals surface area (Å²) in [7, 11) is 1.79. The Morgan fingerprint density at radius 3 is 2.50 bits per heavy atom. The standard InChI is InChI=1S/C13H23N5O2/c1-5-6-11-12(18(19)20)13(16(4)15-11)17-7-9(2)14-10(3)8-17/h9-10,14H,5-8H2,1-4H3. The highest BCUT2D eigenvalue weighted by molar-refractivity contribution is 5.62. The van der Waals surface area contributed by atoms with Gasteiger partial charge in [0, 0.05) is 32.2 Å². The first-order valence-electron chi connectivity index (χ1n) is 7.15. The summed E-state index contributed by atoms with van der Waals surface area (Å²) < 4.78 is 1.66. The molecule has 1 N–H and O–H groups in total. The zero-order chi connectivity index (χ0) is 14.9. The molecule has 20 heavy (non-hydrogen) atoms. The van der Waals surface area contributed by atoms with Crippen molar-refractivity contribution in [2.75, 3.05) is 18.0 Å². The summed E-state index contributed by atoms with van der Waals surface area (Å²) in [4.78, 5) is 13.2. The Hall–Kier alpha value is -1.63. The number of aryl methyl sites for hydroxylation is 2. The van der Waals surface area contributed by atoms with Crippen LogP contribution in [0.2, 0.25) is 0 Å². The Bertz CT molecular complexity index is 489. The molecular formula is C13H23N5O2. The van der Waals surface area contributed by atoms with Gasteiger partial charge in [-0.15, -0.1) is 0 Å². The van der Waals surface area contributed by atoms with Crippen molar-refractivity contribution in [1.82, 2.24) is 15.1 Å². The number of hydrogen-bond acceptors (Lipinski definition) is 5. The summed E-state index contributed by atoms with van der Waals surface area (Å²) >= 11 is 0. The second-order valence-corrected chi connectivity index (χ2v) is 5.62. The first-order valence-corrected chi connectivity index (χ1v) is 7.15. The lowest BCUT2D eigenvalue weighted by molar-refractivity contribution is -0.384. The highest BCUT2D eigenvalue weighted by atomic mass is 16.6. The van der Waals surface area contributed by atoms with Crippen LogP contribution in [0, 0.1) is 10.1 Å². The van der Waals surface area contributed by atoms with Gasteiger partial charge < -0.3 is 10.2 Å². The fourth-order valence-corrected chi connectivity index (χ4v) is 3.00. The first-order chi connectivity index (χ1) is 9.43. The molecule has 1 aliphatic rings. The van der Waals surface area contributed by atoms with Gasteiger partial charge in [-0.1, -0.05) is 13.3 Å². The van der Waals surface area contributed by atoms with E-state index in [2.05, 4.69) is 29.2 Å². The molecular weight excluding hydrogens is 258 g/mol. The van der Waals surface area contributed by atoms with Crippen LogP contribution in [-0.2, 0) is 13.5 Å². The smallest absolute Gasteiger partial charge is 0.334 e. The quantitative estimate of drug-likeness (QED) is 0.668. The van der Waals surface area contributed by atoms with Crippen LogP contribution in [0.25, 0.3) is 0 Å². The van der Waals surface area contributed by atoms with Crippen molar-refractivity contribution < 1.29 is 4.92 Å². The number of nitrogens with zero attached hydrogens (tertiary/aromatic N) is 4. The third-order valence-electron chi connectivity index (χ3n) is 3.59. The second kappa shape index (κ2) is 5.78. The van der Waals surface area contributed by atoms with E-state index in [9.17, 15) is 10.1 Å². The third kappa shape index (κ3) is 2.77. The lowest BCUT2D eigenvalue weighted by Crippen LogP contribution is -2.54.